The van der Waals surface area contributed by atoms with Crippen molar-refractivity contribution in [2.75, 3.05) is 17.7 Å². The van der Waals surface area contributed by atoms with Crippen LogP contribution in [0.4, 0.5) is 5.69 Å². The van der Waals surface area contributed by atoms with E-state index < -0.39 is 5.97 Å². The molecule has 0 aliphatic carbocycles. The van der Waals surface area contributed by atoms with E-state index in [0.717, 1.165) is 11.3 Å². The van der Waals surface area contributed by atoms with Crippen LogP contribution >= 0.6 is 23.4 Å². The number of thioether (sulfide) groups is 1. The maximum atomic E-state index is 12.7. The zero-order chi connectivity index (χ0) is 23.4. The topological polar surface area (TPSA) is 88.8 Å². The van der Waals surface area contributed by atoms with Crippen LogP contribution in [0, 0.1) is 0 Å². The van der Waals surface area contributed by atoms with Gasteiger partial charge in [0.25, 0.3) is 5.91 Å². The summed E-state index contributed by atoms with van der Waals surface area (Å²) in [4.78, 5) is 38.9. The number of hydrogen-bond acceptors (Lipinski definition) is 6. The second kappa shape index (κ2) is 10.1. The number of nitrogens with one attached hydrogen (secondary N) is 1. The van der Waals surface area contributed by atoms with Crippen LogP contribution in [-0.2, 0) is 16.1 Å². The molecule has 0 bridgehead atoms. The molecule has 0 radical (unpaired) electrons. The van der Waals surface area contributed by atoms with Crippen LogP contribution in [-0.4, -0.2) is 35.0 Å². The van der Waals surface area contributed by atoms with Crippen LogP contribution < -0.4 is 5.32 Å². The molecule has 1 N–H and O–H groups in total. The molecule has 3 aromatic rings. The van der Waals surface area contributed by atoms with Crippen molar-refractivity contribution >= 4 is 46.8 Å². The molecule has 7 nitrogen and oxygen atoms in total. The van der Waals surface area contributed by atoms with Gasteiger partial charge in [-0.15, -0.1) is 11.8 Å². The van der Waals surface area contributed by atoms with Gasteiger partial charge in [-0.2, -0.15) is 0 Å². The fourth-order valence-electron chi connectivity index (χ4n) is 3.44. The molecule has 9 heteroatoms. The van der Waals surface area contributed by atoms with Crippen LogP contribution in [0.15, 0.2) is 65.3 Å². The largest absolute Gasteiger partial charge is 0.467 e. The van der Waals surface area contributed by atoms with Crippen molar-refractivity contribution in [3.8, 4) is 0 Å². The first-order chi connectivity index (χ1) is 16.0. The molecule has 1 fully saturated rings. The Morgan fingerprint density at radius 1 is 1.21 bits per heavy atom. The fraction of sp³-hybridized carbons (Fsp3) is 0.208. The number of hydrogen-bond donors (Lipinski definition) is 1. The Labute approximate surface area is 200 Å². The van der Waals surface area contributed by atoms with E-state index in [9.17, 15) is 14.4 Å². The number of esters is 1. The van der Waals surface area contributed by atoms with Crippen molar-refractivity contribution < 1.29 is 23.5 Å². The van der Waals surface area contributed by atoms with Gasteiger partial charge in [0.05, 0.1) is 35.8 Å². The molecule has 0 spiro atoms. The summed E-state index contributed by atoms with van der Waals surface area (Å²) >= 11 is 7.62. The second-order valence-electron chi connectivity index (χ2n) is 7.26. The van der Waals surface area contributed by atoms with Gasteiger partial charge in [0.1, 0.15) is 11.1 Å². The molecule has 33 heavy (non-hydrogen) atoms. The summed E-state index contributed by atoms with van der Waals surface area (Å²) < 4.78 is 10.4. The quantitative estimate of drug-likeness (QED) is 0.467. The number of nitrogens with zero attached hydrogens (tertiary/aromatic N) is 1. The average Bonchev–Trinajstić information content (AvgIpc) is 3.46. The number of halogens is 1. The highest BCUT2D eigenvalue weighted by Gasteiger charge is 2.33. The number of rotatable bonds is 7. The van der Waals surface area contributed by atoms with Gasteiger partial charge in [0.2, 0.25) is 5.91 Å². The lowest BCUT2D eigenvalue weighted by atomic mass is 10.1. The number of benzene rings is 2. The van der Waals surface area contributed by atoms with Gasteiger partial charge in [-0.3, -0.25) is 9.59 Å². The van der Waals surface area contributed by atoms with Crippen molar-refractivity contribution in [3.63, 3.8) is 0 Å². The van der Waals surface area contributed by atoms with E-state index in [1.54, 1.807) is 42.4 Å². The molecule has 1 atom stereocenters. The van der Waals surface area contributed by atoms with Gasteiger partial charge in [0.15, 0.2) is 0 Å². The predicted octanol–water partition coefficient (Wildman–Crippen LogP) is 5.14. The summed E-state index contributed by atoms with van der Waals surface area (Å²) in [5.74, 6) is 0.278. The highest BCUT2D eigenvalue weighted by molar-refractivity contribution is 8.00. The van der Waals surface area contributed by atoms with Crippen molar-refractivity contribution in [2.24, 2.45) is 0 Å². The number of carbonyl (C=O) groups is 3. The van der Waals surface area contributed by atoms with Crippen molar-refractivity contribution in [3.05, 3.63) is 88.3 Å². The molecule has 0 unspecified atom stereocenters. The Hall–Kier alpha value is -3.23. The van der Waals surface area contributed by atoms with Crippen LogP contribution in [0.5, 0.6) is 0 Å². The first kappa shape index (κ1) is 22.9. The second-order valence-corrected chi connectivity index (χ2v) is 8.73. The van der Waals surface area contributed by atoms with E-state index in [1.807, 2.05) is 18.2 Å². The minimum atomic E-state index is -0.550. The van der Waals surface area contributed by atoms with Crippen molar-refractivity contribution in [2.45, 2.75) is 18.8 Å². The number of ether oxygens (including phenoxy) is 1. The monoisotopic (exact) mass is 484 g/mol. The first-order valence-corrected chi connectivity index (χ1v) is 11.7. The van der Waals surface area contributed by atoms with Crippen LogP contribution in [0.25, 0.3) is 0 Å². The minimum Gasteiger partial charge on any atom is -0.467 e. The van der Waals surface area contributed by atoms with Crippen molar-refractivity contribution in [1.82, 2.24) is 4.90 Å². The zero-order valence-corrected chi connectivity index (χ0v) is 19.3. The molecule has 2 amide bonds. The molecule has 2 heterocycles. The van der Waals surface area contributed by atoms with E-state index >= 15 is 0 Å². The molecular formula is C24H21ClN2O5S. The highest BCUT2D eigenvalue weighted by atomic mass is 35.5. The standard InChI is InChI=1S/C24H21ClN2O5S/c1-2-31-24(30)19-12-17(9-10-20(19)25)26-22(29)15-5-7-16(8-6-15)23-27(21(28)14-33-23)13-18-4-3-11-32-18/h3-12,23H,2,13-14H2,1H3,(H,26,29)/t23-/m0/s1. The van der Waals surface area contributed by atoms with Gasteiger partial charge >= 0.3 is 5.97 Å². The van der Waals surface area contributed by atoms with E-state index in [1.165, 1.54) is 23.9 Å². The summed E-state index contributed by atoms with van der Waals surface area (Å²) in [5.41, 5.74) is 1.98. The number of anilines is 1. The molecule has 2 aromatic carbocycles. The van der Waals surface area contributed by atoms with Gasteiger partial charge in [-0.1, -0.05) is 23.7 Å². The van der Waals surface area contributed by atoms with Crippen LogP contribution in [0.3, 0.4) is 0 Å². The van der Waals surface area contributed by atoms with Crippen LogP contribution in [0.1, 0.15) is 44.3 Å². The average molecular weight is 485 g/mol. The van der Waals surface area contributed by atoms with Gasteiger partial charge in [0, 0.05) is 11.3 Å². The Morgan fingerprint density at radius 2 is 2.00 bits per heavy atom. The number of amides is 2. The SMILES string of the molecule is CCOC(=O)c1cc(NC(=O)c2ccc([C@@H]3SCC(=O)N3Cc3ccco3)cc2)ccc1Cl. The Morgan fingerprint density at radius 3 is 2.70 bits per heavy atom. The molecule has 1 aliphatic rings. The van der Waals surface area contributed by atoms with Gasteiger partial charge < -0.3 is 19.4 Å². The summed E-state index contributed by atoms with van der Waals surface area (Å²) in [6.07, 6.45) is 1.59. The third-order valence-electron chi connectivity index (χ3n) is 5.05. The molecular weight excluding hydrogens is 464 g/mol. The van der Waals surface area contributed by atoms with E-state index in [-0.39, 0.29) is 34.4 Å². The maximum Gasteiger partial charge on any atom is 0.339 e. The van der Waals surface area contributed by atoms with E-state index in [0.29, 0.717) is 23.5 Å². The van der Waals surface area contributed by atoms with E-state index in [4.69, 9.17) is 20.8 Å². The maximum absolute atomic E-state index is 12.7. The molecule has 1 aromatic heterocycles. The molecule has 170 valence electrons. The summed E-state index contributed by atoms with van der Waals surface area (Å²) in [7, 11) is 0. The lowest BCUT2D eigenvalue weighted by Crippen LogP contribution is -2.27. The zero-order valence-electron chi connectivity index (χ0n) is 17.7. The fourth-order valence-corrected chi connectivity index (χ4v) is 4.82. The number of carbonyl (C=O) groups excluding carboxylic acids is 3. The predicted molar refractivity (Wildman–Crippen MR) is 126 cm³/mol. The normalized spacial score (nSPS) is 15.5. The first-order valence-electron chi connectivity index (χ1n) is 10.3. The summed E-state index contributed by atoms with van der Waals surface area (Å²) in [5, 5.41) is 2.87. The highest BCUT2D eigenvalue weighted by Crippen LogP contribution is 2.39. The Balaban J connectivity index is 1.46. The molecule has 0 saturated carbocycles. The van der Waals surface area contributed by atoms with Crippen molar-refractivity contribution in [1.29, 1.82) is 0 Å². The van der Waals surface area contributed by atoms with Gasteiger partial charge in [-0.25, -0.2) is 4.79 Å². The Kier molecular flexibility index (Phi) is 7.05. The smallest absolute Gasteiger partial charge is 0.339 e. The third kappa shape index (κ3) is 5.23. The molecule has 1 saturated heterocycles. The van der Waals surface area contributed by atoms with Crippen LogP contribution in [0.2, 0.25) is 5.02 Å². The lowest BCUT2D eigenvalue weighted by molar-refractivity contribution is -0.128. The Bertz CT molecular complexity index is 1160. The summed E-state index contributed by atoms with van der Waals surface area (Å²) in [6.45, 7) is 2.32. The lowest BCUT2D eigenvalue weighted by Gasteiger charge is -2.23. The molecule has 1 aliphatic heterocycles. The van der Waals surface area contributed by atoms with Gasteiger partial charge in [-0.05, 0) is 55.0 Å². The molecule has 4 rings (SSSR count). The minimum absolute atomic E-state index is 0.0448. The number of furan rings is 1. The summed E-state index contributed by atoms with van der Waals surface area (Å²) in [6, 6.07) is 15.4. The third-order valence-corrected chi connectivity index (χ3v) is 6.64. The van der Waals surface area contributed by atoms with E-state index in [2.05, 4.69) is 5.32 Å².